The van der Waals surface area contributed by atoms with E-state index in [0.29, 0.717) is 6.42 Å². The number of ether oxygens (including phenoxy) is 2. The van der Waals surface area contributed by atoms with Gasteiger partial charge in [-0.15, -0.1) is 11.8 Å². The Morgan fingerprint density at radius 2 is 1.76 bits per heavy atom. The molecule has 1 unspecified atom stereocenters. The summed E-state index contributed by atoms with van der Waals surface area (Å²) < 4.78 is 11.0. The molecule has 2 aromatic carbocycles. The van der Waals surface area contributed by atoms with E-state index in [2.05, 4.69) is 34.6 Å². The molecule has 34 heavy (non-hydrogen) atoms. The van der Waals surface area contributed by atoms with E-state index in [1.54, 1.807) is 6.92 Å². The summed E-state index contributed by atoms with van der Waals surface area (Å²) in [6.07, 6.45) is -1.26. The minimum Gasteiger partial charge on any atom is -0.480 e. The van der Waals surface area contributed by atoms with E-state index in [-0.39, 0.29) is 25.6 Å². The quantitative estimate of drug-likeness (QED) is 0.545. The van der Waals surface area contributed by atoms with Crippen molar-refractivity contribution in [1.29, 1.82) is 0 Å². The first-order chi connectivity index (χ1) is 16.5. The van der Waals surface area contributed by atoms with Crippen LogP contribution in [0, 0.1) is 11.8 Å². The third kappa shape index (κ3) is 4.90. The first-order valence-electron chi connectivity index (χ1n) is 11.2. The average molecular weight is 463 g/mol. The van der Waals surface area contributed by atoms with Gasteiger partial charge in [0.1, 0.15) is 12.6 Å². The Labute approximate surface area is 197 Å². The van der Waals surface area contributed by atoms with Gasteiger partial charge in [-0.3, -0.25) is 4.79 Å². The monoisotopic (exact) mass is 462 g/mol. The van der Waals surface area contributed by atoms with Gasteiger partial charge < -0.3 is 25.2 Å². The topological polar surface area (TPSA) is 114 Å². The minimum absolute atomic E-state index is 0.0191. The molecule has 0 aromatic heterocycles. The number of amides is 2. The Hall–Kier alpha value is -3.83. The lowest BCUT2D eigenvalue weighted by Crippen LogP contribution is -2.52. The molecule has 3 N–H and O–H groups in total. The smallest absolute Gasteiger partial charge is 0.407 e. The summed E-state index contributed by atoms with van der Waals surface area (Å²) in [5.74, 6) is 3.40. The van der Waals surface area contributed by atoms with Crippen LogP contribution >= 0.6 is 0 Å². The van der Waals surface area contributed by atoms with Crippen molar-refractivity contribution in [3.8, 4) is 23.0 Å². The van der Waals surface area contributed by atoms with Crippen molar-refractivity contribution in [1.82, 2.24) is 10.6 Å². The number of aliphatic carboxylic acids is 1. The highest BCUT2D eigenvalue weighted by Gasteiger charge is 2.37. The lowest BCUT2D eigenvalue weighted by Gasteiger charge is -2.21. The van der Waals surface area contributed by atoms with Gasteiger partial charge in [-0.2, -0.15) is 0 Å². The molecule has 8 nitrogen and oxygen atoms in total. The predicted molar refractivity (Wildman–Crippen MR) is 124 cm³/mol. The van der Waals surface area contributed by atoms with E-state index in [9.17, 15) is 19.5 Å². The molecule has 1 saturated heterocycles. The Morgan fingerprint density at radius 3 is 2.38 bits per heavy atom. The van der Waals surface area contributed by atoms with E-state index in [4.69, 9.17) is 9.47 Å². The fourth-order valence-corrected chi connectivity index (χ4v) is 4.45. The molecule has 3 atom stereocenters. The third-order valence-corrected chi connectivity index (χ3v) is 6.09. The maximum Gasteiger partial charge on any atom is 0.407 e. The predicted octanol–water partition coefficient (Wildman–Crippen LogP) is 2.67. The molecule has 176 valence electrons. The van der Waals surface area contributed by atoms with Gasteiger partial charge >= 0.3 is 12.1 Å². The zero-order valence-corrected chi connectivity index (χ0v) is 18.7. The molecule has 0 saturated carbocycles. The van der Waals surface area contributed by atoms with Crippen molar-refractivity contribution >= 4 is 18.0 Å². The van der Waals surface area contributed by atoms with Crippen molar-refractivity contribution < 1.29 is 29.0 Å². The van der Waals surface area contributed by atoms with E-state index >= 15 is 0 Å². The fourth-order valence-electron chi connectivity index (χ4n) is 4.45. The van der Waals surface area contributed by atoms with Gasteiger partial charge in [0, 0.05) is 18.9 Å². The number of carbonyl (C=O) groups excluding carboxylic acids is 2. The van der Waals surface area contributed by atoms with Gasteiger partial charge in [0.25, 0.3) is 5.91 Å². The Kier molecular flexibility index (Phi) is 7.14. The zero-order valence-electron chi connectivity index (χ0n) is 18.7. The SMILES string of the molecule is CC#CCC(NC(=O)[C@@H]1OCC[C@@H]1NC(=O)OCC1c2ccccc2-c2ccccc21)C(=O)O. The second-order valence-electron chi connectivity index (χ2n) is 8.19. The van der Waals surface area contributed by atoms with Crippen molar-refractivity contribution in [2.75, 3.05) is 13.2 Å². The number of hydrogen-bond donors (Lipinski definition) is 3. The van der Waals surface area contributed by atoms with Gasteiger partial charge in [0.2, 0.25) is 0 Å². The summed E-state index contributed by atoms with van der Waals surface area (Å²) in [7, 11) is 0. The Morgan fingerprint density at radius 1 is 1.12 bits per heavy atom. The molecule has 2 aromatic rings. The number of carboxylic acids is 1. The van der Waals surface area contributed by atoms with Gasteiger partial charge in [0.05, 0.1) is 6.04 Å². The van der Waals surface area contributed by atoms with Crippen LogP contribution in [0.1, 0.15) is 36.8 Å². The minimum atomic E-state index is -1.19. The lowest BCUT2D eigenvalue weighted by atomic mass is 9.98. The molecule has 1 aliphatic carbocycles. The van der Waals surface area contributed by atoms with Gasteiger partial charge in [-0.25, -0.2) is 9.59 Å². The van der Waals surface area contributed by atoms with E-state index in [0.717, 1.165) is 22.3 Å². The molecule has 0 spiro atoms. The van der Waals surface area contributed by atoms with Crippen LogP contribution in [0.3, 0.4) is 0 Å². The van der Waals surface area contributed by atoms with Gasteiger partial charge in [0.15, 0.2) is 6.10 Å². The highest BCUT2D eigenvalue weighted by molar-refractivity contribution is 5.87. The van der Waals surface area contributed by atoms with Crippen molar-refractivity contribution in [2.24, 2.45) is 0 Å². The number of fused-ring (bicyclic) bond motifs is 3. The number of benzene rings is 2. The highest BCUT2D eigenvalue weighted by Crippen LogP contribution is 2.44. The number of carboxylic acid groups (broad SMARTS) is 1. The maximum atomic E-state index is 12.6. The van der Waals surface area contributed by atoms with E-state index < -0.39 is 36.2 Å². The normalized spacial score (nSPS) is 19.2. The molecule has 0 radical (unpaired) electrons. The highest BCUT2D eigenvalue weighted by atomic mass is 16.6. The molecule has 2 amide bonds. The van der Waals surface area contributed by atoms with Crippen LogP contribution < -0.4 is 10.6 Å². The summed E-state index contributed by atoms with van der Waals surface area (Å²) in [4.78, 5) is 36.6. The Balaban J connectivity index is 1.36. The van der Waals surface area contributed by atoms with Crippen LogP contribution in [0.25, 0.3) is 11.1 Å². The van der Waals surface area contributed by atoms with E-state index in [1.807, 2.05) is 36.4 Å². The van der Waals surface area contributed by atoms with Crippen LogP contribution in [-0.2, 0) is 19.1 Å². The summed E-state index contributed by atoms with van der Waals surface area (Å²) >= 11 is 0. The van der Waals surface area contributed by atoms with E-state index in [1.165, 1.54) is 0 Å². The zero-order chi connectivity index (χ0) is 24.1. The number of nitrogens with one attached hydrogen (secondary N) is 2. The Bertz CT molecular complexity index is 1110. The van der Waals surface area contributed by atoms with Crippen LogP contribution in [0.4, 0.5) is 4.79 Å². The third-order valence-electron chi connectivity index (χ3n) is 6.09. The van der Waals surface area contributed by atoms with Crippen LogP contribution in [0.2, 0.25) is 0 Å². The number of carbonyl (C=O) groups is 3. The standard InChI is InChI=1S/C26H26N2O6/c1-2-3-12-22(25(30)31)27-24(29)23-21(13-14-33-23)28-26(32)34-15-20-18-10-6-4-8-16(18)17-9-5-7-11-19(17)20/h4-11,20-23H,12-15H2,1H3,(H,27,29)(H,28,32)(H,30,31)/t21-,22?,23+/m0/s1. The average Bonchev–Trinajstić information content (AvgIpc) is 3.42. The molecule has 8 heteroatoms. The van der Waals surface area contributed by atoms with Crippen LogP contribution in [0.5, 0.6) is 0 Å². The molecule has 2 aliphatic rings. The number of hydrogen-bond acceptors (Lipinski definition) is 5. The number of alkyl carbamates (subject to hydrolysis) is 1. The summed E-state index contributed by atoms with van der Waals surface area (Å²) in [6, 6.07) is 14.3. The molecule has 1 heterocycles. The van der Waals surface area contributed by atoms with Crippen molar-refractivity contribution in [2.45, 2.75) is 43.9 Å². The summed E-state index contributed by atoms with van der Waals surface area (Å²) in [5.41, 5.74) is 4.48. The van der Waals surface area contributed by atoms with Crippen molar-refractivity contribution in [3.05, 3.63) is 59.7 Å². The van der Waals surface area contributed by atoms with Gasteiger partial charge in [-0.05, 0) is 35.6 Å². The maximum absolute atomic E-state index is 12.6. The fraction of sp³-hybridized carbons (Fsp3) is 0.346. The second-order valence-corrected chi connectivity index (χ2v) is 8.19. The number of rotatable bonds is 7. The van der Waals surface area contributed by atoms with Gasteiger partial charge in [-0.1, -0.05) is 48.5 Å². The molecule has 0 bridgehead atoms. The first-order valence-corrected chi connectivity index (χ1v) is 11.2. The summed E-state index contributed by atoms with van der Waals surface area (Å²) in [5, 5.41) is 14.4. The van der Waals surface area contributed by atoms with Crippen LogP contribution in [-0.4, -0.2) is 54.5 Å². The second kappa shape index (κ2) is 10.4. The molecule has 1 fully saturated rings. The molecular weight excluding hydrogens is 436 g/mol. The summed E-state index contributed by atoms with van der Waals surface area (Å²) in [6.45, 7) is 2.01. The first kappa shape index (κ1) is 23.3. The molecular formula is C26H26N2O6. The van der Waals surface area contributed by atoms with Crippen LogP contribution in [0.15, 0.2) is 48.5 Å². The largest absolute Gasteiger partial charge is 0.480 e. The lowest BCUT2D eigenvalue weighted by molar-refractivity contribution is -0.143. The molecule has 4 rings (SSSR count). The molecule has 1 aliphatic heterocycles. The van der Waals surface area contributed by atoms with Crippen molar-refractivity contribution in [3.63, 3.8) is 0 Å².